The second-order valence-corrected chi connectivity index (χ2v) is 12.1. The van der Waals surface area contributed by atoms with Gasteiger partial charge in [-0.15, -0.1) is 0 Å². The molecule has 0 saturated heterocycles. The fraction of sp³-hybridized carbons (Fsp3) is 0.923. The van der Waals surface area contributed by atoms with Crippen LogP contribution in [-0.2, 0) is 0 Å². The maximum atomic E-state index is 10.6. The Bertz CT molecular complexity index is 620. The van der Waals surface area contributed by atoms with Gasteiger partial charge >= 0.3 is 0 Å². The number of hydrogen-bond donors (Lipinski definition) is 2. The second-order valence-electron chi connectivity index (χ2n) is 12.1. The molecule has 0 heterocycles. The molecule has 160 valence electrons. The maximum absolute atomic E-state index is 10.6. The summed E-state index contributed by atoms with van der Waals surface area (Å²) in [4.78, 5) is 0. The van der Waals surface area contributed by atoms with Gasteiger partial charge in [-0.2, -0.15) is 0 Å². The molecule has 0 aromatic rings. The Kier molecular flexibility index (Phi) is 5.32. The van der Waals surface area contributed by atoms with Crippen molar-refractivity contribution in [2.75, 3.05) is 0 Å². The molecule has 2 N–H and O–H groups in total. The number of rotatable bonds is 4. The summed E-state index contributed by atoms with van der Waals surface area (Å²) in [6.07, 6.45) is 14.4. The number of aliphatic hydroxyl groups is 2. The van der Waals surface area contributed by atoms with Crippen LogP contribution in [0, 0.1) is 40.4 Å². The predicted octanol–water partition coefficient (Wildman–Crippen LogP) is 6.11. The molecule has 8 unspecified atom stereocenters. The average Bonchev–Trinajstić information content (AvgIpc) is 2.96. The van der Waals surface area contributed by atoms with Crippen molar-refractivity contribution in [2.24, 2.45) is 40.4 Å². The van der Waals surface area contributed by atoms with Gasteiger partial charge in [-0.3, -0.25) is 0 Å². The van der Waals surface area contributed by atoms with E-state index in [1.54, 1.807) is 5.57 Å². The summed E-state index contributed by atoms with van der Waals surface area (Å²) in [5.74, 6) is 3.71. The van der Waals surface area contributed by atoms with Crippen molar-refractivity contribution in [1.82, 2.24) is 0 Å². The number of allylic oxidation sites excluding steroid dienone is 1. The van der Waals surface area contributed by atoms with Crippen LogP contribution in [0.2, 0.25) is 0 Å². The molecule has 2 heteroatoms. The van der Waals surface area contributed by atoms with Gasteiger partial charge in [-0.25, -0.2) is 0 Å². The normalized spacial score (nSPS) is 49.2. The van der Waals surface area contributed by atoms with Crippen molar-refractivity contribution >= 4 is 0 Å². The second kappa shape index (κ2) is 7.12. The minimum absolute atomic E-state index is 0.131. The summed E-state index contributed by atoms with van der Waals surface area (Å²) in [5, 5.41) is 21.0. The van der Waals surface area contributed by atoms with E-state index in [1.165, 1.54) is 44.9 Å². The highest BCUT2D eigenvalue weighted by atomic mass is 16.3. The standard InChI is InChI=1S/C26H44O2/c1-17(2)23(27)11-8-18-7-10-21-20-9-6-19-16-24(3,28)14-15-26(19,5)22(20)12-13-25(18,21)4/h6,17-18,20-23,27-28H,7-16H2,1-5H3. The summed E-state index contributed by atoms with van der Waals surface area (Å²) in [5.41, 5.74) is 1.90. The Morgan fingerprint density at radius 1 is 1.04 bits per heavy atom. The Morgan fingerprint density at radius 2 is 1.79 bits per heavy atom. The highest BCUT2D eigenvalue weighted by Crippen LogP contribution is 2.67. The highest BCUT2D eigenvalue weighted by molar-refractivity contribution is 5.26. The van der Waals surface area contributed by atoms with E-state index in [0.29, 0.717) is 16.7 Å². The van der Waals surface area contributed by atoms with Gasteiger partial charge < -0.3 is 10.2 Å². The van der Waals surface area contributed by atoms with Gasteiger partial charge in [0.15, 0.2) is 0 Å². The molecule has 0 spiro atoms. The molecular weight excluding hydrogens is 344 g/mol. The molecule has 4 aliphatic carbocycles. The van der Waals surface area contributed by atoms with Gasteiger partial charge in [-0.1, -0.05) is 39.3 Å². The molecule has 0 aromatic carbocycles. The molecule has 0 aliphatic heterocycles. The summed E-state index contributed by atoms with van der Waals surface area (Å²) in [7, 11) is 0. The van der Waals surface area contributed by atoms with E-state index in [9.17, 15) is 10.2 Å². The molecule has 0 aromatic heterocycles. The zero-order valence-corrected chi connectivity index (χ0v) is 19.0. The first-order valence-electron chi connectivity index (χ1n) is 12.2. The van der Waals surface area contributed by atoms with Crippen molar-refractivity contribution in [3.63, 3.8) is 0 Å². The summed E-state index contributed by atoms with van der Waals surface area (Å²) in [6, 6.07) is 0. The van der Waals surface area contributed by atoms with E-state index >= 15 is 0 Å². The Labute approximate surface area is 173 Å². The maximum Gasteiger partial charge on any atom is 0.0657 e. The Morgan fingerprint density at radius 3 is 2.50 bits per heavy atom. The number of aliphatic hydroxyl groups excluding tert-OH is 1. The predicted molar refractivity (Wildman–Crippen MR) is 116 cm³/mol. The molecule has 3 fully saturated rings. The van der Waals surface area contributed by atoms with Crippen LogP contribution in [0.3, 0.4) is 0 Å². The molecule has 0 amide bonds. The highest BCUT2D eigenvalue weighted by Gasteiger charge is 2.58. The third-order valence-electron chi connectivity index (χ3n) is 10.2. The lowest BCUT2D eigenvalue weighted by Crippen LogP contribution is -2.51. The number of hydrogen-bond acceptors (Lipinski definition) is 2. The molecule has 0 bridgehead atoms. The molecule has 2 nitrogen and oxygen atoms in total. The Balaban J connectivity index is 1.51. The summed E-state index contributed by atoms with van der Waals surface area (Å²) < 4.78 is 0. The van der Waals surface area contributed by atoms with E-state index < -0.39 is 5.60 Å². The van der Waals surface area contributed by atoms with Crippen LogP contribution >= 0.6 is 0 Å². The van der Waals surface area contributed by atoms with Crippen molar-refractivity contribution in [3.8, 4) is 0 Å². The van der Waals surface area contributed by atoms with E-state index in [2.05, 4.69) is 33.8 Å². The van der Waals surface area contributed by atoms with Gasteiger partial charge in [0.05, 0.1) is 11.7 Å². The van der Waals surface area contributed by atoms with Gasteiger partial charge in [0.1, 0.15) is 0 Å². The molecular formula is C26H44O2. The topological polar surface area (TPSA) is 40.5 Å². The lowest BCUT2D eigenvalue weighted by Gasteiger charge is -2.59. The van der Waals surface area contributed by atoms with Crippen molar-refractivity contribution in [1.29, 1.82) is 0 Å². The zero-order chi connectivity index (χ0) is 20.3. The zero-order valence-electron chi connectivity index (χ0n) is 19.0. The quantitative estimate of drug-likeness (QED) is 0.570. The molecule has 4 aliphatic rings. The third-order valence-corrected chi connectivity index (χ3v) is 10.2. The van der Waals surface area contributed by atoms with Crippen LogP contribution in [0.1, 0.15) is 98.8 Å². The van der Waals surface area contributed by atoms with Crippen molar-refractivity contribution in [3.05, 3.63) is 11.6 Å². The average molecular weight is 389 g/mol. The minimum Gasteiger partial charge on any atom is -0.393 e. The SMILES string of the molecule is CC(C)C(O)CCC1CCC2C3CC=C4CC(C)(O)CCC4(C)C3CCC12C. The fourth-order valence-corrected chi connectivity index (χ4v) is 8.09. The van der Waals surface area contributed by atoms with Crippen LogP contribution in [-0.4, -0.2) is 21.9 Å². The molecule has 4 rings (SSSR count). The third kappa shape index (κ3) is 3.31. The van der Waals surface area contributed by atoms with Crippen LogP contribution in [0.4, 0.5) is 0 Å². The minimum atomic E-state index is -0.489. The monoisotopic (exact) mass is 388 g/mol. The fourth-order valence-electron chi connectivity index (χ4n) is 8.09. The van der Waals surface area contributed by atoms with Crippen molar-refractivity contribution in [2.45, 2.75) is 111 Å². The summed E-state index contributed by atoms with van der Waals surface area (Å²) >= 11 is 0. The van der Waals surface area contributed by atoms with Crippen LogP contribution < -0.4 is 0 Å². The molecule has 0 radical (unpaired) electrons. The van der Waals surface area contributed by atoms with E-state index in [4.69, 9.17) is 0 Å². The largest absolute Gasteiger partial charge is 0.393 e. The van der Waals surface area contributed by atoms with E-state index in [1.807, 2.05) is 6.92 Å². The first-order valence-corrected chi connectivity index (χ1v) is 12.2. The van der Waals surface area contributed by atoms with Gasteiger partial charge in [0.2, 0.25) is 0 Å². The molecule has 28 heavy (non-hydrogen) atoms. The summed E-state index contributed by atoms with van der Waals surface area (Å²) in [6.45, 7) is 11.4. The molecule has 3 saturated carbocycles. The first-order chi connectivity index (χ1) is 13.1. The number of fused-ring (bicyclic) bond motifs is 5. The van der Waals surface area contributed by atoms with Crippen molar-refractivity contribution < 1.29 is 10.2 Å². The smallest absolute Gasteiger partial charge is 0.0657 e. The lowest BCUT2D eigenvalue weighted by atomic mass is 9.46. The van der Waals surface area contributed by atoms with Crippen LogP contribution in [0.15, 0.2) is 11.6 Å². The Hall–Kier alpha value is -0.340. The van der Waals surface area contributed by atoms with E-state index in [-0.39, 0.29) is 6.10 Å². The first kappa shape index (κ1) is 20.9. The van der Waals surface area contributed by atoms with Crippen LogP contribution in [0.25, 0.3) is 0 Å². The van der Waals surface area contributed by atoms with Gasteiger partial charge in [-0.05, 0) is 112 Å². The van der Waals surface area contributed by atoms with Gasteiger partial charge in [0.25, 0.3) is 0 Å². The van der Waals surface area contributed by atoms with Crippen LogP contribution in [0.5, 0.6) is 0 Å². The molecule has 8 atom stereocenters. The lowest BCUT2D eigenvalue weighted by molar-refractivity contribution is -0.0670. The van der Waals surface area contributed by atoms with E-state index in [0.717, 1.165) is 42.9 Å². The van der Waals surface area contributed by atoms with Gasteiger partial charge in [0, 0.05) is 0 Å².